The van der Waals surface area contributed by atoms with Gasteiger partial charge in [-0.3, -0.25) is 14.2 Å². The molecule has 1 amide bonds. The molecule has 1 aliphatic heterocycles. The van der Waals surface area contributed by atoms with Crippen LogP contribution in [0.5, 0.6) is 5.75 Å². The van der Waals surface area contributed by atoms with Crippen LogP contribution in [0.4, 0.5) is 0 Å². The van der Waals surface area contributed by atoms with E-state index in [9.17, 15) is 9.59 Å². The van der Waals surface area contributed by atoms with E-state index in [0.29, 0.717) is 24.1 Å². The average molecular weight is 336 g/mol. The Morgan fingerprint density at radius 3 is 3.04 bits per heavy atom. The summed E-state index contributed by atoms with van der Waals surface area (Å²) in [5.41, 5.74) is 1.05. The molecule has 0 saturated carbocycles. The number of carbonyl (C=O) groups is 1. The molecule has 25 heavy (non-hydrogen) atoms. The average Bonchev–Trinajstić information content (AvgIpc) is 2.65. The molecule has 0 saturated heterocycles. The van der Waals surface area contributed by atoms with E-state index in [2.05, 4.69) is 15.3 Å². The highest BCUT2D eigenvalue weighted by molar-refractivity contribution is 5.77. The fourth-order valence-electron chi connectivity index (χ4n) is 3.00. The Labute approximate surface area is 143 Å². The summed E-state index contributed by atoms with van der Waals surface area (Å²) in [6.45, 7) is 0.460. The highest BCUT2D eigenvalue weighted by Gasteiger charge is 2.22. The largest absolute Gasteiger partial charge is 0.493 e. The van der Waals surface area contributed by atoms with E-state index < -0.39 is 0 Å². The van der Waals surface area contributed by atoms with Gasteiger partial charge in [0.1, 0.15) is 18.6 Å². The lowest BCUT2D eigenvalue weighted by atomic mass is 10.0. The molecule has 1 unspecified atom stereocenters. The molecule has 2 aromatic heterocycles. The van der Waals surface area contributed by atoms with Gasteiger partial charge in [-0.05, 0) is 18.2 Å². The van der Waals surface area contributed by atoms with Crippen molar-refractivity contribution >= 4 is 16.9 Å². The number of pyridine rings is 1. The maximum absolute atomic E-state index is 12.4. The van der Waals surface area contributed by atoms with Crippen molar-refractivity contribution in [1.82, 2.24) is 19.9 Å². The maximum Gasteiger partial charge on any atom is 0.263 e. The van der Waals surface area contributed by atoms with Crippen LogP contribution in [0, 0.1) is 0 Å². The second kappa shape index (κ2) is 6.35. The molecule has 126 valence electrons. The molecule has 0 fully saturated rings. The van der Waals surface area contributed by atoms with Crippen LogP contribution < -0.4 is 15.6 Å². The van der Waals surface area contributed by atoms with E-state index in [4.69, 9.17) is 4.74 Å². The first-order chi connectivity index (χ1) is 12.2. The van der Waals surface area contributed by atoms with E-state index in [0.717, 1.165) is 11.3 Å². The Kier molecular flexibility index (Phi) is 3.89. The van der Waals surface area contributed by atoms with Crippen LogP contribution in [0.25, 0.3) is 11.0 Å². The molecule has 1 atom stereocenters. The molecule has 4 rings (SSSR count). The quantitative estimate of drug-likeness (QED) is 0.782. The number of aromatic nitrogens is 3. The van der Waals surface area contributed by atoms with E-state index in [1.54, 1.807) is 18.3 Å². The summed E-state index contributed by atoms with van der Waals surface area (Å²) in [7, 11) is 0. The van der Waals surface area contributed by atoms with Crippen molar-refractivity contribution in [2.45, 2.75) is 19.0 Å². The third-order valence-electron chi connectivity index (χ3n) is 4.21. The standard InChI is InChI=1S/C18H16N4O3/c23-16(21-14-7-9-25-15-6-2-1-4-12(14)15)10-22-11-20-17-13(18(22)24)5-3-8-19-17/h1-6,8,11,14H,7,9-10H2,(H,21,23). The number of ether oxygens (including phenoxy) is 1. The predicted molar refractivity (Wildman–Crippen MR) is 91.2 cm³/mol. The van der Waals surface area contributed by atoms with Gasteiger partial charge in [0, 0.05) is 18.2 Å². The molecule has 1 N–H and O–H groups in total. The van der Waals surface area contributed by atoms with E-state index in [1.807, 2.05) is 24.3 Å². The predicted octanol–water partition coefficient (Wildman–Crippen LogP) is 1.43. The molecule has 0 radical (unpaired) electrons. The first-order valence-corrected chi connectivity index (χ1v) is 8.03. The van der Waals surface area contributed by atoms with E-state index >= 15 is 0 Å². The monoisotopic (exact) mass is 336 g/mol. The summed E-state index contributed by atoms with van der Waals surface area (Å²) in [5.74, 6) is 0.545. The van der Waals surface area contributed by atoms with Gasteiger partial charge < -0.3 is 10.1 Å². The number of carbonyl (C=O) groups excluding carboxylic acids is 1. The second-order valence-corrected chi connectivity index (χ2v) is 5.85. The Morgan fingerprint density at radius 2 is 2.12 bits per heavy atom. The number of para-hydroxylation sites is 1. The molecule has 7 nitrogen and oxygen atoms in total. The van der Waals surface area contributed by atoms with Crippen molar-refractivity contribution in [3.8, 4) is 5.75 Å². The van der Waals surface area contributed by atoms with Crippen LogP contribution in [-0.2, 0) is 11.3 Å². The number of hydrogen-bond acceptors (Lipinski definition) is 5. The molecule has 3 heterocycles. The number of amides is 1. The number of benzene rings is 1. The molecule has 0 spiro atoms. The molecule has 3 aromatic rings. The van der Waals surface area contributed by atoms with Crippen molar-refractivity contribution < 1.29 is 9.53 Å². The Morgan fingerprint density at radius 1 is 1.24 bits per heavy atom. The minimum Gasteiger partial charge on any atom is -0.493 e. The first kappa shape index (κ1) is 15.3. The van der Waals surface area contributed by atoms with Gasteiger partial charge in [0.15, 0.2) is 5.65 Å². The summed E-state index contributed by atoms with van der Waals surface area (Å²) < 4.78 is 6.89. The van der Waals surface area contributed by atoms with Crippen LogP contribution >= 0.6 is 0 Å². The third kappa shape index (κ3) is 2.96. The van der Waals surface area contributed by atoms with Gasteiger partial charge in [0.25, 0.3) is 5.56 Å². The van der Waals surface area contributed by atoms with Crippen LogP contribution in [0.2, 0.25) is 0 Å². The van der Waals surface area contributed by atoms with Gasteiger partial charge in [-0.2, -0.15) is 0 Å². The van der Waals surface area contributed by atoms with Gasteiger partial charge in [0.05, 0.1) is 18.0 Å². The van der Waals surface area contributed by atoms with Crippen molar-refractivity contribution in [1.29, 1.82) is 0 Å². The maximum atomic E-state index is 12.4. The van der Waals surface area contributed by atoms with Gasteiger partial charge in [-0.25, -0.2) is 9.97 Å². The molecule has 1 aromatic carbocycles. The number of nitrogens with zero attached hydrogens (tertiary/aromatic N) is 3. The highest BCUT2D eigenvalue weighted by atomic mass is 16.5. The number of hydrogen-bond donors (Lipinski definition) is 1. The Balaban J connectivity index is 1.54. The summed E-state index contributed by atoms with van der Waals surface area (Å²) >= 11 is 0. The lowest BCUT2D eigenvalue weighted by Crippen LogP contribution is -2.36. The smallest absolute Gasteiger partial charge is 0.263 e. The summed E-state index contributed by atoms with van der Waals surface area (Å²) in [4.78, 5) is 33.0. The zero-order valence-electron chi connectivity index (χ0n) is 13.4. The van der Waals surface area contributed by atoms with Crippen LogP contribution in [0.15, 0.2) is 53.7 Å². The Hall–Kier alpha value is -3.22. The molecular weight excluding hydrogens is 320 g/mol. The number of nitrogens with one attached hydrogen (secondary N) is 1. The van der Waals surface area contributed by atoms with Crippen LogP contribution in [0.1, 0.15) is 18.0 Å². The van der Waals surface area contributed by atoms with Crippen LogP contribution in [0.3, 0.4) is 0 Å². The fraction of sp³-hybridized carbons (Fsp3) is 0.222. The number of fused-ring (bicyclic) bond motifs is 2. The van der Waals surface area contributed by atoms with Crippen molar-refractivity contribution in [2.75, 3.05) is 6.61 Å². The zero-order chi connectivity index (χ0) is 17.2. The lowest BCUT2D eigenvalue weighted by molar-refractivity contribution is -0.122. The minimum absolute atomic E-state index is 0.0871. The van der Waals surface area contributed by atoms with Crippen molar-refractivity contribution in [3.63, 3.8) is 0 Å². The minimum atomic E-state index is -0.277. The first-order valence-electron chi connectivity index (χ1n) is 8.03. The van der Waals surface area contributed by atoms with Gasteiger partial charge >= 0.3 is 0 Å². The fourth-order valence-corrected chi connectivity index (χ4v) is 3.00. The molecule has 0 bridgehead atoms. The summed E-state index contributed by atoms with van der Waals surface area (Å²) in [6.07, 6.45) is 3.63. The van der Waals surface area contributed by atoms with Crippen molar-refractivity contribution in [2.24, 2.45) is 0 Å². The Bertz CT molecular complexity index is 999. The van der Waals surface area contributed by atoms with E-state index in [-0.39, 0.29) is 24.1 Å². The second-order valence-electron chi connectivity index (χ2n) is 5.85. The van der Waals surface area contributed by atoms with Gasteiger partial charge in [-0.15, -0.1) is 0 Å². The van der Waals surface area contributed by atoms with Crippen molar-refractivity contribution in [3.05, 3.63) is 64.8 Å². The molecular formula is C18H16N4O3. The van der Waals surface area contributed by atoms with Crippen LogP contribution in [-0.4, -0.2) is 27.0 Å². The lowest BCUT2D eigenvalue weighted by Gasteiger charge is -2.26. The normalized spacial score (nSPS) is 16.1. The highest BCUT2D eigenvalue weighted by Crippen LogP contribution is 2.31. The molecule has 1 aliphatic rings. The zero-order valence-corrected chi connectivity index (χ0v) is 13.4. The summed E-state index contributed by atoms with van der Waals surface area (Å²) in [6, 6.07) is 10.8. The third-order valence-corrected chi connectivity index (χ3v) is 4.21. The van der Waals surface area contributed by atoms with E-state index in [1.165, 1.54) is 10.9 Å². The summed E-state index contributed by atoms with van der Waals surface area (Å²) in [5, 5.41) is 3.37. The number of rotatable bonds is 3. The van der Waals surface area contributed by atoms with Gasteiger partial charge in [0.2, 0.25) is 5.91 Å². The van der Waals surface area contributed by atoms with Gasteiger partial charge in [-0.1, -0.05) is 18.2 Å². The molecule has 0 aliphatic carbocycles. The molecule has 7 heteroatoms. The SMILES string of the molecule is O=C(Cn1cnc2ncccc2c1=O)NC1CCOc2ccccc21. The topological polar surface area (TPSA) is 86.1 Å².